The lowest BCUT2D eigenvalue weighted by Gasteiger charge is -2.33. The summed E-state index contributed by atoms with van der Waals surface area (Å²) < 4.78 is 4.79. The molecule has 2 unspecified atom stereocenters. The predicted molar refractivity (Wildman–Crippen MR) is 68.5 cm³/mol. The number of nitrogens with one attached hydrogen (secondary N) is 2. The Balaban J connectivity index is 2.77. The second-order valence-electron chi connectivity index (χ2n) is 4.42. The number of carbonyl (C=O) groups is 4. The first-order valence-corrected chi connectivity index (χ1v) is 6.38. The summed E-state index contributed by atoms with van der Waals surface area (Å²) in [7, 11) is 1.49. The number of amides is 5. The van der Waals surface area contributed by atoms with Gasteiger partial charge in [0.05, 0.1) is 6.61 Å². The van der Waals surface area contributed by atoms with E-state index in [-0.39, 0.29) is 13.0 Å². The maximum absolute atomic E-state index is 12.1. The molecule has 0 spiro atoms. The van der Waals surface area contributed by atoms with Crippen LogP contribution in [0.4, 0.5) is 4.79 Å². The monoisotopic (exact) mass is 285 g/mol. The molecule has 0 aliphatic carbocycles. The SMILES string of the molecule is CCC1C(=O)NC(=O)N(C(C)C(=O)NCCOC)C1=O. The third-order valence-corrected chi connectivity index (χ3v) is 3.08. The first kappa shape index (κ1) is 16.1. The molecule has 2 atom stereocenters. The summed E-state index contributed by atoms with van der Waals surface area (Å²) in [6.45, 7) is 3.70. The third-order valence-electron chi connectivity index (χ3n) is 3.08. The average molecular weight is 285 g/mol. The van der Waals surface area contributed by atoms with Gasteiger partial charge in [-0.2, -0.15) is 0 Å². The second kappa shape index (κ2) is 6.99. The number of imide groups is 2. The number of urea groups is 1. The topological polar surface area (TPSA) is 105 Å². The molecular weight excluding hydrogens is 266 g/mol. The number of hydrogen-bond acceptors (Lipinski definition) is 5. The zero-order chi connectivity index (χ0) is 15.3. The van der Waals surface area contributed by atoms with Crippen LogP contribution in [0.2, 0.25) is 0 Å². The van der Waals surface area contributed by atoms with Crippen LogP contribution in [-0.4, -0.2) is 55.0 Å². The predicted octanol–water partition coefficient (Wildman–Crippen LogP) is -0.758. The minimum atomic E-state index is -0.985. The molecule has 2 N–H and O–H groups in total. The van der Waals surface area contributed by atoms with E-state index >= 15 is 0 Å². The summed E-state index contributed by atoms with van der Waals surface area (Å²) in [4.78, 5) is 48.0. The fourth-order valence-corrected chi connectivity index (χ4v) is 1.90. The Kier molecular flexibility index (Phi) is 5.63. The van der Waals surface area contributed by atoms with Gasteiger partial charge in [-0.15, -0.1) is 0 Å². The van der Waals surface area contributed by atoms with Crippen molar-refractivity contribution in [2.24, 2.45) is 5.92 Å². The van der Waals surface area contributed by atoms with Crippen LogP contribution in [0, 0.1) is 5.92 Å². The molecule has 1 aliphatic rings. The second-order valence-corrected chi connectivity index (χ2v) is 4.42. The van der Waals surface area contributed by atoms with E-state index in [1.165, 1.54) is 14.0 Å². The van der Waals surface area contributed by atoms with Gasteiger partial charge in [0.15, 0.2) is 0 Å². The van der Waals surface area contributed by atoms with E-state index in [0.29, 0.717) is 6.61 Å². The molecule has 20 heavy (non-hydrogen) atoms. The Morgan fingerprint density at radius 2 is 2.10 bits per heavy atom. The van der Waals surface area contributed by atoms with Crippen LogP contribution in [0.25, 0.3) is 0 Å². The Labute approximate surface area is 116 Å². The summed E-state index contributed by atoms with van der Waals surface area (Å²) in [5.74, 6) is -2.67. The van der Waals surface area contributed by atoms with Gasteiger partial charge in [-0.3, -0.25) is 24.6 Å². The van der Waals surface area contributed by atoms with Crippen molar-refractivity contribution in [1.82, 2.24) is 15.5 Å². The van der Waals surface area contributed by atoms with Gasteiger partial charge in [0.1, 0.15) is 12.0 Å². The van der Waals surface area contributed by atoms with Gasteiger partial charge in [-0.05, 0) is 13.3 Å². The van der Waals surface area contributed by atoms with Crippen LogP contribution in [0.15, 0.2) is 0 Å². The molecule has 1 fully saturated rings. The van der Waals surface area contributed by atoms with E-state index in [1.807, 2.05) is 0 Å². The van der Waals surface area contributed by atoms with Gasteiger partial charge in [0.25, 0.3) is 0 Å². The maximum Gasteiger partial charge on any atom is 0.331 e. The number of carbonyl (C=O) groups excluding carboxylic acids is 4. The molecule has 1 rings (SSSR count). The number of barbiturate groups is 1. The number of nitrogens with zero attached hydrogens (tertiary/aromatic N) is 1. The van der Waals surface area contributed by atoms with E-state index in [4.69, 9.17) is 4.74 Å². The summed E-state index contributed by atoms with van der Waals surface area (Å²) in [5, 5.41) is 4.63. The molecule has 8 heteroatoms. The van der Waals surface area contributed by atoms with E-state index in [2.05, 4.69) is 10.6 Å². The molecule has 0 saturated carbocycles. The highest BCUT2D eigenvalue weighted by atomic mass is 16.5. The van der Waals surface area contributed by atoms with Crippen molar-refractivity contribution >= 4 is 23.8 Å². The van der Waals surface area contributed by atoms with E-state index < -0.39 is 35.7 Å². The van der Waals surface area contributed by atoms with Crippen molar-refractivity contribution in [2.45, 2.75) is 26.3 Å². The molecule has 1 saturated heterocycles. The van der Waals surface area contributed by atoms with Crippen LogP contribution in [0.5, 0.6) is 0 Å². The zero-order valence-electron chi connectivity index (χ0n) is 11.8. The lowest BCUT2D eigenvalue weighted by Crippen LogP contribution is -2.62. The molecule has 0 aromatic rings. The molecule has 0 bridgehead atoms. The number of rotatable bonds is 6. The third kappa shape index (κ3) is 3.32. The van der Waals surface area contributed by atoms with Gasteiger partial charge >= 0.3 is 6.03 Å². The normalized spacial score (nSPS) is 20.6. The average Bonchev–Trinajstić information content (AvgIpc) is 2.38. The molecule has 5 amide bonds. The Morgan fingerprint density at radius 3 is 2.65 bits per heavy atom. The lowest BCUT2D eigenvalue weighted by atomic mass is 10.0. The molecule has 8 nitrogen and oxygen atoms in total. The largest absolute Gasteiger partial charge is 0.383 e. The van der Waals surface area contributed by atoms with E-state index in [1.54, 1.807) is 6.92 Å². The molecule has 112 valence electrons. The Bertz CT molecular complexity index is 423. The van der Waals surface area contributed by atoms with Crippen molar-refractivity contribution in [3.63, 3.8) is 0 Å². The van der Waals surface area contributed by atoms with Crippen LogP contribution < -0.4 is 10.6 Å². The first-order chi connectivity index (χ1) is 9.43. The molecule has 0 radical (unpaired) electrons. The summed E-state index contributed by atoms with van der Waals surface area (Å²) in [5.41, 5.74) is 0. The van der Waals surface area contributed by atoms with Crippen molar-refractivity contribution in [2.75, 3.05) is 20.3 Å². The highest BCUT2D eigenvalue weighted by molar-refractivity contribution is 6.17. The standard InChI is InChI=1S/C12H19N3O5/c1-4-8-10(17)14-12(19)15(11(8)18)7(2)9(16)13-5-6-20-3/h7-8H,4-6H2,1-3H3,(H,13,16)(H,14,17,19). The lowest BCUT2D eigenvalue weighted by molar-refractivity contribution is -0.147. The van der Waals surface area contributed by atoms with Gasteiger partial charge < -0.3 is 10.1 Å². The quantitative estimate of drug-likeness (QED) is 0.493. The highest BCUT2D eigenvalue weighted by Crippen LogP contribution is 2.16. The number of methoxy groups -OCH3 is 1. The summed E-state index contributed by atoms with van der Waals surface area (Å²) in [6.07, 6.45) is 0.270. The first-order valence-electron chi connectivity index (χ1n) is 6.38. The summed E-state index contributed by atoms with van der Waals surface area (Å²) >= 11 is 0. The Hall–Kier alpha value is -1.96. The number of ether oxygens (including phenoxy) is 1. The van der Waals surface area contributed by atoms with Crippen molar-refractivity contribution < 1.29 is 23.9 Å². The molecule has 0 aromatic heterocycles. The summed E-state index contributed by atoms with van der Waals surface area (Å²) in [6, 6.07) is -1.85. The molecular formula is C12H19N3O5. The number of hydrogen-bond donors (Lipinski definition) is 2. The molecule has 0 aromatic carbocycles. The van der Waals surface area contributed by atoms with Crippen LogP contribution >= 0.6 is 0 Å². The minimum Gasteiger partial charge on any atom is -0.383 e. The minimum absolute atomic E-state index is 0.270. The fourth-order valence-electron chi connectivity index (χ4n) is 1.90. The molecule has 1 aliphatic heterocycles. The maximum atomic E-state index is 12.1. The Morgan fingerprint density at radius 1 is 1.45 bits per heavy atom. The van der Waals surface area contributed by atoms with E-state index in [9.17, 15) is 19.2 Å². The van der Waals surface area contributed by atoms with Crippen LogP contribution in [0.1, 0.15) is 20.3 Å². The van der Waals surface area contributed by atoms with Gasteiger partial charge in [0, 0.05) is 13.7 Å². The van der Waals surface area contributed by atoms with Crippen molar-refractivity contribution in [3.05, 3.63) is 0 Å². The van der Waals surface area contributed by atoms with E-state index in [0.717, 1.165) is 4.90 Å². The zero-order valence-corrected chi connectivity index (χ0v) is 11.8. The van der Waals surface area contributed by atoms with Crippen LogP contribution in [0.3, 0.4) is 0 Å². The van der Waals surface area contributed by atoms with Crippen molar-refractivity contribution in [3.8, 4) is 0 Å². The molecule has 1 heterocycles. The van der Waals surface area contributed by atoms with Gasteiger partial charge in [-0.25, -0.2) is 4.79 Å². The smallest absolute Gasteiger partial charge is 0.331 e. The van der Waals surface area contributed by atoms with Crippen LogP contribution in [-0.2, 0) is 19.1 Å². The van der Waals surface area contributed by atoms with Gasteiger partial charge in [-0.1, -0.05) is 6.92 Å². The van der Waals surface area contributed by atoms with Crippen molar-refractivity contribution in [1.29, 1.82) is 0 Å². The highest BCUT2D eigenvalue weighted by Gasteiger charge is 2.43. The van der Waals surface area contributed by atoms with Gasteiger partial charge in [0.2, 0.25) is 17.7 Å². The fraction of sp³-hybridized carbons (Fsp3) is 0.667.